The van der Waals surface area contributed by atoms with E-state index in [1.165, 1.54) is 18.2 Å². The van der Waals surface area contributed by atoms with Gasteiger partial charge < -0.3 is 14.4 Å². The molecule has 1 fully saturated rings. The fourth-order valence-corrected chi connectivity index (χ4v) is 4.61. The van der Waals surface area contributed by atoms with Gasteiger partial charge in [0.05, 0.1) is 5.75 Å². The van der Waals surface area contributed by atoms with Gasteiger partial charge >= 0.3 is 0 Å². The van der Waals surface area contributed by atoms with E-state index in [0.29, 0.717) is 22.5 Å². The topological polar surface area (TPSA) is 69.5 Å². The molecule has 0 saturated carbocycles. The Morgan fingerprint density at radius 2 is 1.77 bits per heavy atom. The van der Waals surface area contributed by atoms with Crippen molar-refractivity contribution in [2.75, 3.05) is 25.6 Å². The van der Waals surface area contributed by atoms with E-state index in [9.17, 15) is 4.79 Å². The minimum Gasteiger partial charge on any atom is -0.454 e. The van der Waals surface area contributed by atoms with Crippen LogP contribution in [0.15, 0.2) is 53.7 Å². The second-order valence-corrected chi connectivity index (χ2v) is 8.22. The molecule has 0 N–H and O–H groups in total. The molecule has 1 aromatic heterocycles. The predicted octanol–water partition coefficient (Wildman–Crippen LogP) is 3.77. The molecule has 0 spiro atoms. The lowest BCUT2D eigenvalue weighted by Gasteiger charge is -2.26. The number of likely N-dealkylation sites (tertiary alicyclic amines) is 1. The van der Waals surface area contributed by atoms with Gasteiger partial charge in [-0.3, -0.25) is 9.36 Å². The standard InChI is InChI=1S/C22H22N4O3S/c27-20(25-11-5-2-6-12-25)14-30-22-24-23-21(26(22)17-7-3-1-4-8-17)16-9-10-18-19(13-16)29-15-28-18/h1,3-4,7-10,13H,2,5-6,11-12,14-15H2. The molecule has 7 nitrogen and oxygen atoms in total. The van der Waals surface area contributed by atoms with E-state index in [4.69, 9.17) is 9.47 Å². The molecule has 0 atom stereocenters. The van der Waals surface area contributed by atoms with Crippen molar-refractivity contribution in [3.8, 4) is 28.6 Å². The van der Waals surface area contributed by atoms with Crippen LogP contribution in [0.25, 0.3) is 17.1 Å². The largest absolute Gasteiger partial charge is 0.454 e. The normalized spacial score (nSPS) is 15.4. The summed E-state index contributed by atoms with van der Waals surface area (Å²) in [4.78, 5) is 14.6. The molecule has 3 aromatic rings. The highest BCUT2D eigenvalue weighted by atomic mass is 32.2. The highest BCUT2D eigenvalue weighted by Crippen LogP contribution is 2.37. The molecule has 1 amide bonds. The van der Waals surface area contributed by atoms with Crippen LogP contribution >= 0.6 is 11.8 Å². The summed E-state index contributed by atoms with van der Waals surface area (Å²) in [5, 5.41) is 9.56. The summed E-state index contributed by atoms with van der Waals surface area (Å²) in [5.74, 6) is 2.64. The highest BCUT2D eigenvalue weighted by molar-refractivity contribution is 7.99. The van der Waals surface area contributed by atoms with Crippen LogP contribution in [0.5, 0.6) is 11.5 Å². The monoisotopic (exact) mass is 422 g/mol. The van der Waals surface area contributed by atoms with Crippen LogP contribution in [0, 0.1) is 0 Å². The van der Waals surface area contributed by atoms with Gasteiger partial charge in [-0.25, -0.2) is 0 Å². The molecule has 8 heteroatoms. The van der Waals surface area contributed by atoms with Crippen LogP contribution in [0.2, 0.25) is 0 Å². The number of benzene rings is 2. The van der Waals surface area contributed by atoms with E-state index < -0.39 is 0 Å². The van der Waals surface area contributed by atoms with Crippen molar-refractivity contribution >= 4 is 17.7 Å². The number of hydrogen-bond acceptors (Lipinski definition) is 6. The fraction of sp³-hybridized carbons (Fsp3) is 0.318. The maximum absolute atomic E-state index is 12.6. The van der Waals surface area contributed by atoms with Crippen LogP contribution in [-0.2, 0) is 4.79 Å². The summed E-state index contributed by atoms with van der Waals surface area (Å²) in [5.41, 5.74) is 1.83. The Kier molecular flexibility index (Phi) is 5.31. The Balaban J connectivity index is 1.45. The fourth-order valence-electron chi connectivity index (χ4n) is 3.76. The number of para-hydroxylation sites is 1. The van der Waals surface area contributed by atoms with E-state index in [2.05, 4.69) is 10.2 Å². The van der Waals surface area contributed by atoms with Crippen LogP contribution in [0.1, 0.15) is 19.3 Å². The van der Waals surface area contributed by atoms with E-state index in [1.54, 1.807) is 0 Å². The Labute approximate surface area is 179 Å². The minimum absolute atomic E-state index is 0.159. The van der Waals surface area contributed by atoms with E-state index in [0.717, 1.165) is 42.9 Å². The van der Waals surface area contributed by atoms with Crippen LogP contribution < -0.4 is 9.47 Å². The third-order valence-corrected chi connectivity index (χ3v) is 6.23. The molecule has 0 aliphatic carbocycles. The zero-order valence-corrected chi connectivity index (χ0v) is 17.3. The number of ether oxygens (including phenoxy) is 2. The lowest BCUT2D eigenvalue weighted by molar-refractivity contribution is -0.129. The number of piperidine rings is 1. The molecule has 2 aliphatic heterocycles. The zero-order chi connectivity index (χ0) is 20.3. The van der Waals surface area contributed by atoms with Gasteiger partial charge in [-0.05, 0) is 49.6 Å². The van der Waals surface area contributed by atoms with Crippen molar-refractivity contribution in [2.24, 2.45) is 0 Å². The Morgan fingerprint density at radius 1 is 0.967 bits per heavy atom. The summed E-state index contributed by atoms with van der Waals surface area (Å²) in [7, 11) is 0. The van der Waals surface area contributed by atoms with E-state index in [1.807, 2.05) is 58.0 Å². The third kappa shape index (κ3) is 3.75. The predicted molar refractivity (Wildman–Crippen MR) is 114 cm³/mol. The van der Waals surface area contributed by atoms with Crippen molar-refractivity contribution in [2.45, 2.75) is 24.4 Å². The second kappa shape index (κ2) is 8.39. The number of nitrogens with zero attached hydrogens (tertiary/aromatic N) is 4. The first-order valence-electron chi connectivity index (χ1n) is 10.1. The highest BCUT2D eigenvalue weighted by Gasteiger charge is 2.22. The quantitative estimate of drug-likeness (QED) is 0.583. The molecule has 154 valence electrons. The zero-order valence-electron chi connectivity index (χ0n) is 16.5. The van der Waals surface area contributed by atoms with Crippen LogP contribution in [0.4, 0.5) is 0 Å². The number of aromatic nitrogens is 3. The maximum atomic E-state index is 12.6. The molecule has 0 radical (unpaired) electrons. The van der Waals surface area contributed by atoms with Gasteiger partial charge in [0.25, 0.3) is 0 Å². The first kappa shape index (κ1) is 19.0. The molecular weight excluding hydrogens is 400 g/mol. The summed E-state index contributed by atoms with van der Waals surface area (Å²) in [6.07, 6.45) is 3.38. The Hall–Kier alpha value is -3.00. The Bertz CT molecular complexity index is 1050. The van der Waals surface area contributed by atoms with Crippen LogP contribution in [0.3, 0.4) is 0 Å². The number of rotatable bonds is 5. The number of thioether (sulfide) groups is 1. The summed E-state index contributed by atoms with van der Waals surface area (Å²) in [6, 6.07) is 15.7. The molecule has 5 rings (SSSR count). The first-order valence-corrected chi connectivity index (χ1v) is 11.1. The average molecular weight is 423 g/mol. The van der Waals surface area contributed by atoms with Gasteiger partial charge in [0.15, 0.2) is 22.5 Å². The number of carbonyl (C=O) groups is 1. The summed E-state index contributed by atoms with van der Waals surface area (Å²) >= 11 is 1.43. The second-order valence-electron chi connectivity index (χ2n) is 7.28. The summed E-state index contributed by atoms with van der Waals surface area (Å²) < 4.78 is 12.9. The number of fused-ring (bicyclic) bond motifs is 1. The lowest BCUT2D eigenvalue weighted by atomic mass is 10.1. The van der Waals surface area contributed by atoms with E-state index in [-0.39, 0.29) is 12.7 Å². The summed E-state index contributed by atoms with van der Waals surface area (Å²) in [6.45, 7) is 1.93. The maximum Gasteiger partial charge on any atom is 0.233 e. The van der Waals surface area contributed by atoms with E-state index >= 15 is 0 Å². The molecule has 0 bridgehead atoms. The van der Waals surface area contributed by atoms with Crippen molar-refractivity contribution in [1.29, 1.82) is 0 Å². The van der Waals surface area contributed by atoms with Crippen molar-refractivity contribution < 1.29 is 14.3 Å². The molecule has 0 unspecified atom stereocenters. The minimum atomic E-state index is 0.159. The van der Waals surface area contributed by atoms with Gasteiger partial charge in [0.2, 0.25) is 12.7 Å². The number of hydrogen-bond donors (Lipinski definition) is 0. The molecule has 2 aromatic carbocycles. The molecule has 30 heavy (non-hydrogen) atoms. The van der Waals surface area contributed by atoms with Crippen molar-refractivity contribution in [3.63, 3.8) is 0 Å². The molecule has 2 aliphatic rings. The van der Waals surface area contributed by atoms with Crippen molar-refractivity contribution in [1.82, 2.24) is 19.7 Å². The number of amides is 1. The van der Waals surface area contributed by atoms with Gasteiger partial charge in [0.1, 0.15) is 0 Å². The molecular formula is C22H22N4O3S. The van der Waals surface area contributed by atoms with Crippen LogP contribution in [-0.4, -0.2) is 51.2 Å². The van der Waals surface area contributed by atoms with Gasteiger partial charge in [-0.1, -0.05) is 30.0 Å². The molecule has 3 heterocycles. The van der Waals surface area contributed by atoms with Gasteiger partial charge in [-0.2, -0.15) is 0 Å². The third-order valence-electron chi connectivity index (χ3n) is 5.31. The molecule has 1 saturated heterocycles. The van der Waals surface area contributed by atoms with Gasteiger partial charge in [-0.15, -0.1) is 10.2 Å². The van der Waals surface area contributed by atoms with Gasteiger partial charge in [0, 0.05) is 24.3 Å². The van der Waals surface area contributed by atoms with Crippen molar-refractivity contribution in [3.05, 3.63) is 48.5 Å². The Morgan fingerprint density at radius 3 is 2.60 bits per heavy atom. The number of carbonyl (C=O) groups excluding carboxylic acids is 1. The average Bonchev–Trinajstić information content (AvgIpc) is 3.45. The smallest absolute Gasteiger partial charge is 0.233 e. The SMILES string of the molecule is O=C(CSc1nnc(-c2ccc3c(c2)OCO3)n1-c1ccccc1)N1CCCCC1. The lowest BCUT2D eigenvalue weighted by Crippen LogP contribution is -2.36. The first-order chi connectivity index (χ1) is 14.8.